The number of rotatable bonds is 4. The van der Waals surface area contributed by atoms with Crippen LogP contribution in [-0.4, -0.2) is 20.8 Å². The van der Waals surface area contributed by atoms with Crippen LogP contribution in [0.1, 0.15) is 5.82 Å². The van der Waals surface area contributed by atoms with Gasteiger partial charge in [-0.3, -0.25) is 0 Å². The monoisotopic (exact) mass is 375 g/mol. The molecule has 0 saturated heterocycles. The average molecular weight is 376 g/mol. The van der Waals surface area contributed by atoms with Crippen LogP contribution in [0.25, 0.3) is 16.6 Å². The summed E-state index contributed by atoms with van der Waals surface area (Å²) in [7, 11) is 0. The Morgan fingerprint density at radius 2 is 2.04 bits per heavy atom. The number of benzene rings is 2. The van der Waals surface area contributed by atoms with E-state index < -0.39 is 0 Å². The number of aliphatic hydroxyl groups excluding tert-OH is 1. The maximum Gasteiger partial charge on any atom is 0.152 e. The Balaban J connectivity index is 1.87. The van der Waals surface area contributed by atoms with Crippen LogP contribution in [0.5, 0.6) is 0 Å². The molecule has 120 valence electrons. The Bertz CT molecular complexity index is 942. The predicted octanol–water partition coefficient (Wildman–Crippen LogP) is 5.45. The summed E-state index contributed by atoms with van der Waals surface area (Å²) in [6.45, 7) is 0. The molecular formula is C17H11Cl2N3OS. The lowest BCUT2D eigenvalue weighted by molar-refractivity contribution is 0.420. The molecule has 1 aromatic heterocycles. The van der Waals surface area contributed by atoms with Crippen molar-refractivity contribution in [3.8, 4) is 6.07 Å². The van der Waals surface area contributed by atoms with Gasteiger partial charge in [-0.05, 0) is 30.3 Å². The third-order valence-corrected chi connectivity index (χ3v) is 5.03. The maximum atomic E-state index is 10.3. The molecule has 2 aromatic carbocycles. The van der Waals surface area contributed by atoms with E-state index in [9.17, 15) is 10.4 Å². The van der Waals surface area contributed by atoms with Crippen molar-refractivity contribution in [2.45, 2.75) is 4.90 Å². The van der Waals surface area contributed by atoms with Crippen LogP contribution in [0, 0.1) is 11.3 Å². The number of nitrogens with zero attached hydrogens (tertiary/aromatic N) is 2. The second-order valence-electron chi connectivity index (χ2n) is 4.90. The Hall–Kier alpha value is -2.13. The molecule has 0 bridgehead atoms. The SMILES string of the molecule is N#CC(=C(O)CSc1cc(Cl)ccc1Cl)c1nc2ccccc2[nH]1. The number of allylic oxidation sites excluding steroid dienone is 1. The van der Waals surface area contributed by atoms with Gasteiger partial charge in [-0.2, -0.15) is 5.26 Å². The minimum Gasteiger partial charge on any atom is -0.510 e. The second-order valence-corrected chi connectivity index (χ2v) is 6.76. The average Bonchev–Trinajstić information content (AvgIpc) is 3.00. The lowest BCUT2D eigenvalue weighted by atomic mass is 10.2. The third kappa shape index (κ3) is 3.51. The van der Waals surface area contributed by atoms with Gasteiger partial charge in [0.2, 0.25) is 0 Å². The van der Waals surface area contributed by atoms with Gasteiger partial charge in [0, 0.05) is 9.92 Å². The summed E-state index contributed by atoms with van der Waals surface area (Å²) in [6.07, 6.45) is 0. The molecule has 0 aliphatic carbocycles. The molecule has 3 rings (SSSR count). The van der Waals surface area contributed by atoms with Gasteiger partial charge >= 0.3 is 0 Å². The molecule has 24 heavy (non-hydrogen) atoms. The van der Waals surface area contributed by atoms with Gasteiger partial charge in [0.1, 0.15) is 17.4 Å². The lowest BCUT2D eigenvalue weighted by Crippen LogP contribution is -1.95. The Kier molecular flexibility index (Phi) is 5.00. The molecule has 0 aliphatic heterocycles. The van der Waals surface area contributed by atoms with Crippen LogP contribution < -0.4 is 0 Å². The van der Waals surface area contributed by atoms with E-state index in [4.69, 9.17) is 23.2 Å². The summed E-state index contributed by atoms with van der Waals surface area (Å²) < 4.78 is 0. The smallest absolute Gasteiger partial charge is 0.152 e. The number of nitrogens with one attached hydrogen (secondary N) is 1. The molecule has 0 atom stereocenters. The zero-order chi connectivity index (χ0) is 17.1. The highest BCUT2D eigenvalue weighted by Crippen LogP contribution is 2.31. The van der Waals surface area contributed by atoms with Crippen molar-refractivity contribution >= 4 is 51.6 Å². The van der Waals surface area contributed by atoms with E-state index in [2.05, 4.69) is 9.97 Å². The van der Waals surface area contributed by atoms with E-state index in [0.29, 0.717) is 15.9 Å². The molecule has 0 amide bonds. The highest BCUT2D eigenvalue weighted by molar-refractivity contribution is 7.99. The normalized spacial score (nSPS) is 12.0. The fraction of sp³-hybridized carbons (Fsp3) is 0.0588. The van der Waals surface area contributed by atoms with Crippen LogP contribution in [0.3, 0.4) is 0 Å². The first kappa shape index (κ1) is 16.7. The number of H-pyrrole nitrogens is 1. The topological polar surface area (TPSA) is 72.7 Å². The molecule has 3 aromatic rings. The molecule has 0 fully saturated rings. The van der Waals surface area contributed by atoms with Gasteiger partial charge in [0.25, 0.3) is 0 Å². The number of aromatic nitrogens is 2. The molecule has 0 spiro atoms. The van der Waals surface area contributed by atoms with Crippen molar-refractivity contribution < 1.29 is 5.11 Å². The zero-order valence-electron chi connectivity index (χ0n) is 12.3. The fourth-order valence-corrected chi connectivity index (χ4v) is 3.50. The van der Waals surface area contributed by atoms with Gasteiger partial charge in [0.15, 0.2) is 5.82 Å². The molecule has 7 heteroatoms. The predicted molar refractivity (Wildman–Crippen MR) is 98.4 cm³/mol. The van der Waals surface area contributed by atoms with Crippen LogP contribution >= 0.6 is 35.0 Å². The highest BCUT2D eigenvalue weighted by Gasteiger charge is 2.14. The largest absolute Gasteiger partial charge is 0.510 e. The second kappa shape index (κ2) is 7.18. The standard InChI is InChI=1S/C17H11Cl2N3OS/c18-10-5-6-12(19)16(7-10)24-9-15(23)11(8-20)17-21-13-3-1-2-4-14(13)22-17/h1-7,23H,9H2,(H,21,22). The minimum atomic E-state index is -0.0717. The lowest BCUT2D eigenvalue weighted by Gasteiger charge is -2.05. The van der Waals surface area contributed by atoms with Gasteiger partial charge in [0.05, 0.1) is 21.8 Å². The quantitative estimate of drug-likeness (QED) is 0.361. The summed E-state index contributed by atoms with van der Waals surface area (Å²) in [6, 6.07) is 14.5. The summed E-state index contributed by atoms with van der Waals surface area (Å²) in [5.41, 5.74) is 1.65. The molecule has 0 aliphatic rings. The molecule has 2 N–H and O–H groups in total. The molecule has 0 radical (unpaired) electrons. The maximum absolute atomic E-state index is 10.3. The van der Waals surface area contributed by atoms with E-state index in [1.807, 2.05) is 30.3 Å². The Labute approximate surface area is 152 Å². The Morgan fingerprint density at radius 1 is 1.25 bits per heavy atom. The van der Waals surface area contributed by atoms with Gasteiger partial charge in [-0.1, -0.05) is 35.3 Å². The minimum absolute atomic E-state index is 0.0717. The summed E-state index contributed by atoms with van der Waals surface area (Å²) >= 11 is 13.3. The zero-order valence-corrected chi connectivity index (χ0v) is 14.6. The number of hydrogen-bond acceptors (Lipinski definition) is 4. The van der Waals surface area contributed by atoms with E-state index >= 15 is 0 Å². The van der Waals surface area contributed by atoms with Crippen LogP contribution in [0.15, 0.2) is 53.1 Å². The van der Waals surface area contributed by atoms with Crippen LogP contribution in [-0.2, 0) is 0 Å². The number of para-hydroxylation sites is 2. The molecule has 4 nitrogen and oxygen atoms in total. The summed E-state index contributed by atoms with van der Waals surface area (Å²) in [5, 5.41) is 20.8. The van der Waals surface area contributed by atoms with Gasteiger partial charge in [-0.25, -0.2) is 4.98 Å². The first-order valence-electron chi connectivity index (χ1n) is 6.93. The molecular weight excluding hydrogens is 365 g/mol. The fourth-order valence-electron chi connectivity index (χ4n) is 2.13. The van der Waals surface area contributed by atoms with Gasteiger partial charge < -0.3 is 10.1 Å². The van der Waals surface area contributed by atoms with Crippen molar-refractivity contribution in [2.75, 3.05) is 5.75 Å². The van der Waals surface area contributed by atoms with Crippen molar-refractivity contribution in [1.82, 2.24) is 9.97 Å². The van der Waals surface area contributed by atoms with Gasteiger partial charge in [-0.15, -0.1) is 11.8 Å². The van der Waals surface area contributed by atoms with E-state index in [-0.39, 0.29) is 17.1 Å². The number of aromatic amines is 1. The van der Waals surface area contributed by atoms with Crippen molar-refractivity contribution in [3.05, 3.63) is 64.1 Å². The van der Waals surface area contributed by atoms with E-state index in [1.165, 1.54) is 11.8 Å². The number of imidazole rings is 1. The molecule has 0 unspecified atom stereocenters. The van der Waals surface area contributed by atoms with Crippen molar-refractivity contribution in [1.29, 1.82) is 5.26 Å². The highest BCUT2D eigenvalue weighted by atomic mass is 35.5. The van der Waals surface area contributed by atoms with Crippen molar-refractivity contribution in [2.24, 2.45) is 0 Å². The first-order valence-corrected chi connectivity index (χ1v) is 8.68. The number of nitriles is 1. The molecule has 0 saturated carbocycles. The number of fused-ring (bicyclic) bond motifs is 1. The summed E-state index contributed by atoms with van der Waals surface area (Å²) in [5.74, 6) is 0.451. The third-order valence-electron chi connectivity index (χ3n) is 3.28. The summed E-state index contributed by atoms with van der Waals surface area (Å²) in [4.78, 5) is 8.11. The van der Waals surface area contributed by atoms with E-state index in [0.717, 1.165) is 15.9 Å². The first-order chi connectivity index (χ1) is 11.6. The number of halogens is 2. The number of thioether (sulfide) groups is 1. The number of aliphatic hydroxyl groups is 1. The molecule has 1 heterocycles. The number of hydrogen-bond donors (Lipinski definition) is 2. The van der Waals surface area contributed by atoms with Crippen LogP contribution in [0.2, 0.25) is 10.0 Å². The van der Waals surface area contributed by atoms with Crippen LogP contribution in [0.4, 0.5) is 0 Å². The van der Waals surface area contributed by atoms with Crippen molar-refractivity contribution in [3.63, 3.8) is 0 Å². The van der Waals surface area contributed by atoms with E-state index in [1.54, 1.807) is 18.2 Å². The Morgan fingerprint density at radius 3 is 2.79 bits per heavy atom.